The van der Waals surface area contributed by atoms with E-state index >= 15 is 0 Å². The summed E-state index contributed by atoms with van der Waals surface area (Å²) in [6.07, 6.45) is 0. The van der Waals surface area contributed by atoms with Crippen LogP contribution < -0.4 is 35.3 Å². The first-order valence-electron chi connectivity index (χ1n) is 3.82. The fraction of sp³-hybridized carbons (Fsp3) is 0.111. The van der Waals surface area contributed by atoms with Crippen molar-refractivity contribution < 1.29 is 45.7 Å². The Morgan fingerprint density at radius 2 is 2.07 bits per heavy atom. The molecule has 0 aliphatic rings. The fourth-order valence-electron chi connectivity index (χ4n) is 0.923. The summed E-state index contributed by atoms with van der Waals surface area (Å²) in [6, 6.07) is 4.29. The number of aromatic hydroxyl groups is 1. The van der Waals surface area contributed by atoms with Gasteiger partial charge in [0.05, 0.1) is 4.90 Å². The molecule has 1 aromatic carbocycles. The average Bonchev–Trinajstić information content (AvgIpc) is 2.07. The topological polar surface area (TPSA) is 80.4 Å². The third-order valence-corrected chi connectivity index (χ3v) is 2.32. The molecule has 3 N–H and O–H groups in total. The van der Waals surface area contributed by atoms with Gasteiger partial charge in [-0.25, -0.2) is 0 Å². The molecule has 0 aromatic heterocycles. The monoisotopic (exact) mass is 235 g/mol. The molecule has 6 heteroatoms. The third kappa shape index (κ3) is 4.25. The van der Waals surface area contributed by atoms with E-state index in [1.54, 1.807) is 0 Å². The van der Waals surface area contributed by atoms with Crippen molar-refractivity contribution in [2.45, 2.75) is 11.8 Å². The largest absolute Gasteiger partial charge is 1.00 e. The molecule has 0 fully saturated rings. The van der Waals surface area contributed by atoms with Crippen LogP contribution >= 0.6 is 11.8 Å². The zero-order valence-electron chi connectivity index (χ0n) is 9.48. The van der Waals surface area contributed by atoms with Gasteiger partial charge in [0, 0.05) is 5.56 Å². The molecule has 4 nitrogen and oxygen atoms in total. The van der Waals surface area contributed by atoms with Gasteiger partial charge in [0.2, 0.25) is 0 Å². The second kappa shape index (κ2) is 6.17. The van der Waals surface area contributed by atoms with E-state index < -0.39 is 5.24 Å². The molecule has 0 spiro atoms. The number of benzene rings is 1. The molecule has 0 radical (unpaired) electrons. The summed E-state index contributed by atoms with van der Waals surface area (Å²) >= 11 is 0.693. The number of hydrogen-bond acceptors (Lipinski definition) is 4. The maximum Gasteiger partial charge on any atom is 1.00 e. The molecule has 1 aromatic rings. The van der Waals surface area contributed by atoms with Gasteiger partial charge in [0.1, 0.15) is 5.75 Å². The van der Waals surface area contributed by atoms with E-state index in [1.807, 2.05) is 0 Å². The molecule has 0 saturated heterocycles. The molecule has 1 rings (SSSR count). The van der Waals surface area contributed by atoms with Gasteiger partial charge >= 0.3 is 29.6 Å². The van der Waals surface area contributed by atoms with Crippen LogP contribution in [0.25, 0.3) is 0 Å². The van der Waals surface area contributed by atoms with Gasteiger partial charge in [0.15, 0.2) is 5.78 Å². The minimum Gasteiger partial charge on any atom is -1.00 e. The van der Waals surface area contributed by atoms with Crippen LogP contribution in [0.4, 0.5) is 4.79 Å². The van der Waals surface area contributed by atoms with Crippen LogP contribution in [0, 0.1) is 0 Å². The molecule has 0 saturated carbocycles. The Hall–Kier alpha value is -0.490. The summed E-state index contributed by atoms with van der Waals surface area (Å²) in [5, 5.41) is 8.70. The van der Waals surface area contributed by atoms with Crippen molar-refractivity contribution in [1.29, 1.82) is 0 Å². The maximum atomic E-state index is 11.0. The van der Waals surface area contributed by atoms with Crippen molar-refractivity contribution in [1.82, 2.24) is 0 Å². The number of primary amides is 1. The van der Waals surface area contributed by atoms with Crippen molar-refractivity contribution in [3.63, 3.8) is 0 Å². The summed E-state index contributed by atoms with van der Waals surface area (Å²) in [7, 11) is 0. The molecule has 15 heavy (non-hydrogen) atoms. The van der Waals surface area contributed by atoms with Gasteiger partial charge in [-0.15, -0.1) is 0 Å². The maximum absolute atomic E-state index is 11.0. The molecule has 76 valence electrons. The predicted molar refractivity (Wildman–Crippen MR) is 54.7 cm³/mol. The minimum absolute atomic E-state index is 0. The molecule has 0 aliphatic heterocycles. The first kappa shape index (κ1) is 14.5. The van der Waals surface area contributed by atoms with Crippen LogP contribution in [0.2, 0.25) is 0 Å². The first-order chi connectivity index (χ1) is 6.50. The van der Waals surface area contributed by atoms with E-state index in [0.717, 1.165) is 0 Å². The molecule has 0 aliphatic carbocycles. The Kier molecular flexibility index (Phi) is 5.97. The summed E-state index contributed by atoms with van der Waals surface area (Å²) in [4.78, 5) is 21.9. The number of carbonyl (C=O) groups excluding carboxylic acids is 2. The van der Waals surface area contributed by atoms with E-state index in [9.17, 15) is 14.7 Å². The zero-order chi connectivity index (χ0) is 10.7. The molecule has 0 atom stereocenters. The summed E-state index contributed by atoms with van der Waals surface area (Å²) in [6.45, 7) is 1.41. The smallest absolute Gasteiger partial charge is 1.00 e. The summed E-state index contributed by atoms with van der Waals surface area (Å²) in [5.41, 5.74) is 5.38. The van der Waals surface area contributed by atoms with Crippen molar-refractivity contribution >= 4 is 22.8 Å². The van der Waals surface area contributed by atoms with Crippen LogP contribution in [0.5, 0.6) is 5.75 Å². The van der Waals surface area contributed by atoms with Gasteiger partial charge in [0.25, 0.3) is 5.24 Å². The molecular weight excluding hydrogens is 225 g/mol. The van der Waals surface area contributed by atoms with Gasteiger partial charge in [-0.1, -0.05) is 0 Å². The predicted octanol–water partition coefficient (Wildman–Crippen LogP) is -1.12. The minimum atomic E-state index is -0.624. The Morgan fingerprint density at radius 1 is 1.47 bits per heavy atom. The number of thioether (sulfide) groups is 1. The van der Waals surface area contributed by atoms with E-state index in [-0.39, 0.29) is 42.5 Å². The quantitative estimate of drug-likeness (QED) is 0.386. The number of amides is 1. The second-order valence-electron chi connectivity index (χ2n) is 2.66. The fourth-order valence-corrected chi connectivity index (χ4v) is 1.50. The van der Waals surface area contributed by atoms with Crippen molar-refractivity contribution in [2.75, 3.05) is 0 Å². The number of phenolic OH excluding ortho intramolecular Hbond substituents is 1. The van der Waals surface area contributed by atoms with Crippen LogP contribution in [-0.2, 0) is 0 Å². The number of rotatable bonds is 2. The number of nitrogens with two attached hydrogens (primary N) is 1. The van der Waals surface area contributed by atoms with E-state index in [0.29, 0.717) is 22.2 Å². The number of carbonyl (C=O) groups is 2. The van der Waals surface area contributed by atoms with Gasteiger partial charge in [-0.3, -0.25) is 9.59 Å². The van der Waals surface area contributed by atoms with Gasteiger partial charge < -0.3 is 12.3 Å². The molecular formula is C9H10NNaO3S. The first-order valence-corrected chi connectivity index (χ1v) is 4.63. The number of phenols is 1. The Labute approximate surface area is 115 Å². The molecule has 1 amide bonds. The Morgan fingerprint density at radius 3 is 2.53 bits per heavy atom. The van der Waals surface area contributed by atoms with Crippen LogP contribution in [0.15, 0.2) is 23.1 Å². The van der Waals surface area contributed by atoms with Crippen molar-refractivity contribution in [2.24, 2.45) is 5.73 Å². The van der Waals surface area contributed by atoms with Crippen molar-refractivity contribution in [3.05, 3.63) is 23.8 Å². The van der Waals surface area contributed by atoms with E-state index in [2.05, 4.69) is 0 Å². The standard InChI is InChI=1S/C9H9NO3S.Na.H/c1-5(11)6-2-3-7(12)8(4-6)14-9(10)13;;/h2-4,12H,1H3,(H2,10,13);;/q;+1;-1. The van der Waals surface area contributed by atoms with E-state index in [1.165, 1.54) is 25.1 Å². The number of hydrogen-bond donors (Lipinski definition) is 2. The Balaban J connectivity index is 0. The van der Waals surface area contributed by atoms with Crippen molar-refractivity contribution in [3.8, 4) is 5.75 Å². The van der Waals surface area contributed by atoms with Gasteiger partial charge in [-0.2, -0.15) is 0 Å². The Bertz CT molecular complexity index is 400. The normalized spacial score (nSPS) is 9.13. The SMILES string of the molecule is CC(=O)c1ccc(O)c(SC(N)=O)c1.[H-].[Na+]. The molecule has 0 heterocycles. The molecule has 0 bridgehead atoms. The second-order valence-corrected chi connectivity index (χ2v) is 3.71. The number of Topliss-reactive ketones (excluding diaryl/α,β-unsaturated/α-hetero) is 1. The molecule has 0 unspecified atom stereocenters. The van der Waals surface area contributed by atoms with Crippen LogP contribution in [0.3, 0.4) is 0 Å². The third-order valence-electron chi connectivity index (χ3n) is 1.58. The van der Waals surface area contributed by atoms with Crippen LogP contribution in [-0.4, -0.2) is 16.1 Å². The van der Waals surface area contributed by atoms with E-state index in [4.69, 9.17) is 5.73 Å². The van der Waals surface area contributed by atoms with Crippen LogP contribution in [0.1, 0.15) is 18.7 Å². The van der Waals surface area contributed by atoms with Gasteiger partial charge in [-0.05, 0) is 36.9 Å². The summed E-state index contributed by atoms with van der Waals surface area (Å²) in [5.74, 6) is -0.185. The zero-order valence-corrected chi connectivity index (χ0v) is 11.3. The summed E-state index contributed by atoms with van der Waals surface area (Å²) < 4.78 is 0. The number of ketones is 1. The average molecular weight is 235 g/mol.